The average Bonchev–Trinajstić information content (AvgIpc) is 2.78. The molecule has 0 unspecified atom stereocenters. The molecule has 0 radical (unpaired) electrons. The Kier molecular flexibility index (Phi) is 4.14. The standard InChI is InChI=1S/C12H17BrN2S/c1-8-10(14)6-15-12(11(8)13)16-7-9-4-2-3-5-9/h6,9H,2-5,7,14H2,1H3. The van der Waals surface area contributed by atoms with Gasteiger partial charge >= 0.3 is 0 Å². The first-order chi connectivity index (χ1) is 7.68. The first-order valence-electron chi connectivity index (χ1n) is 5.72. The largest absolute Gasteiger partial charge is 0.397 e. The number of thioether (sulfide) groups is 1. The van der Waals surface area contributed by atoms with Crippen molar-refractivity contribution in [1.29, 1.82) is 0 Å². The van der Waals surface area contributed by atoms with Crippen LogP contribution in [0.25, 0.3) is 0 Å². The lowest BCUT2D eigenvalue weighted by molar-refractivity contribution is 0.623. The lowest BCUT2D eigenvalue weighted by Crippen LogP contribution is -1.99. The van der Waals surface area contributed by atoms with Gasteiger partial charge in [0.25, 0.3) is 0 Å². The van der Waals surface area contributed by atoms with Crippen molar-refractivity contribution in [2.75, 3.05) is 11.5 Å². The highest BCUT2D eigenvalue weighted by Gasteiger charge is 2.16. The number of rotatable bonds is 3. The van der Waals surface area contributed by atoms with E-state index in [4.69, 9.17) is 5.73 Å². The Hall–Kier alpha value is -0.220. The summed E-state index contributed by atoms with van der Waals surface area (Å²) in [5.74, 6) is 2.08. The van der Waals surface area contributed by atoms with Gasteiger partial charge in [-0.1, -0.05) is 12.8 Å². The fourth-order valence-corrected chi connectivity index (χ4v) is 3.85. The zero-order valence-electron chi connectivity index (χ0n) is 9.50. The highest BCUT2D eigenvalue weighted by molar-refractivity contribution is 9.10. The number of anilines is 1. The summed E-state index contributed by atoms with van der Waals surface area (Å²) >= 11 is 5.43. The molecule has 0 amide bonds. The van der Waals surface area contributed by atoms with E-state index < -0.39 is 0 Å². The molecule has 4 heteroatoms. The van der Waals surface area contributed by atoms with Crippen LogP contribution in [0.5, 0.6) is 0 Å². The molecule has 0 spiro atoms. The Morgan fingerprint density at radius 1 is 1.50 bits per heavy atom. The smallest absolute Gasteiger partial charge is 0.111 e. The lowest BCUT2D eigenvalue weighted by atomic mass is 10.1. The number of aromatic nitrogens is 1. The summed E-state index contributed by atoms with van der Waals surface area (Å²) in [4.78, 5) is 4.39. The van der Waals surface area contributed by atoms with Crippen LogP contribution < -0.4 is 5.73 Å². The summed E-state index contributed by atoms with van der Waals surface area (Å²) in [7, 11) is 0. The molecule has 1 saturated carbocycles. The highest BCUT2D eigenvalue weighted by Crippen LogP contribution is 2.35. The fourth-order valence-electron chi connectivity index (χ4n) is 2.04. The second-order valence-corrected chi connectivity index (χ2v) is 6.22. The van der Waals surface area contributed by atoms with Gasteiger partial charge in [0, 0.05) is 5.75 Å². The van der Waals surface area contributed by atoms with Gasteiger partial charge in [0.05, 0.1) is 16.4 Å². The predicted octanol–water partition coefficient (Wildman–Crippen LogP) is 4.02. The minimum absolute atomic E-state index is 0.761. The van der Waals surface area contributed by atoms with Crippen LogP contribution in [0.3, 0.4) is 0 Å². The van der Waals surface area contributed by atoms with Crippen LogP contribution in [0.1, 0.15) is 31.2 Å². The van der Waals surface area contributed by atoms with E-state index in [1.165, 1.54) is 31.4 Å². The number of halogens is 1. The number of pyridine rings is 1. The van der Waals surface area contributed by atoms with Gasteiger partial charge in [-0.25, -0.2) is 4.98 Å². The minimum atomic E-state index is 0.761. The third-order valence-electron chi connectivity index (χ3n) is 3.20. The Labute approximate surface area is 110 Å². The third-order valence-corrected chi connectivity index (χ3v) is 5.66. The van der Waals surface area contributed by atoms with E-state index in [0.717, 1.165) is 26.7 Å². The number of nitrogen functional groups attached to an aromatic ring is 1. The van der Waals surface area contributed by atoms with Crippen molar-refractivity contribution in [3.8, 4) is 0 Å². The van der Waals surface area contributed by atoms with Crippen molar-refractivity contribution < 1.29 is 0 Å². The number of hydrogen-bond donors (Lipinski definition) is 1. The van der Waals surface area contributed by atoms with E-state index in [2.05, 4.69) is 20.9 Å². The fraction of sp³-hybridized carbons (Fsp3) is 0.583. The second-order valence-electron chi connectivity index (χ2n) is 4.42. The SMILES string of the molecule is Cc1c(N)cnc(SCC2CCCC2)c1Br. The summed E-state index contributed by atoms with van der Waals surface area (Å²) < 4.78 is 1.07. The van der Waals surface area contributed by atoms with E-state index in [9.17, 15) is 0 Å². The van der Waals surface area contributed by atoms with Gasteiger partial charge in [-0.15, -0.1) is 11.8 Å². The molecule has 1 aliphatic carbocycles. The molecule has 1 aromatic rings. The number of nitrogens with zero attached hydrogens (tertiary/aromatic N) is 1. The van der Waals surface area contributed by atoms with Crippen LogP contribution in [0.2, 0.25) is 0 Å². The topological polar surface area (TPSA) is 38.9 Å². The Bertz CT molecular complexity index is 376. The number of hydrogen-bond acceptors (Lipinski definition) is 3. The molecule has 0 aliphatic heterocycles. The van der Waals surface area contributed by atoms with E-state index in [-0.39, 0.29) is 0 Å². The second kappa shape index (κ2) is 5.41. The molecule has 2 N–H and O–H groups in total. The van der Waals surface area contributed by atoms with E-state index >= 15 is 0 Å². The lowest BCUT2D eigenvalue weighted by Gasteiger charge is -2.11. The monoisotopic (exact) mass is 300 g/mol. The average molecular weight is 301 g/mol. The molecular formula is C12H17BrN2S. The zero-order valence-corrected chi connectivity index (χ0v) is 11.9. The Balaban J connectivity index is 2.01. The molecule has 1 aromatic heterocycles. The van der Waals surface area contributed by atoms with Crippen LogP contribution in [-0.4, -0.2) is 10.7 Å². The Morgan fingerprint density at radius 2 is 2.19 bits per heavy atom. The molecule has 1 aliphatic rings. The van der Waals surface area contributed by atoms with Gasteiger partial charge in [-0.3, -0.25) is 0 Å². The summed E-state index contributed by atoms with van der Waals surface area (Å²) in [5.41, 5.74) is 7.67. The molecule has 0 atom stereocenters. The maximum absolute atomic E-state index is 5.81. The molecule has 88 valence electrons. The first kappa shape index (κ1) is 12.2. The molecule has 0 bridgehead atoms. The first-order valence-corrected chi connectivity index (χ1v) is 7.49. The summed E-state index contributed by atoms with van der Waals surface area (Å²) in [6, 6.07) is 0. The van der Waals surface area contributed by atoms with Crippen molar-refractivity contribution in [2.24, 2.45) is 5.92 Å². The van der Waals surface area contributed by atoms with Crippen molar-refractivity contribution >= 4 is 33.4 Å². The van der Waals surface area contributed by atoms with Gasteiger partial charge in [-0.05, 0) is 47.2 Å². The van der Waals surface area contributed by atoms with Gasteiger partial charge in [0.1, 0.15) is 5.03 Å². The van der Waals surface area contributed by atoms with Crippen LogP contribution >= 0.6 is 27.7 Å². The zero-order chi connectivity index (χ0) is 11.5. The van der Waals surface area contributed by atoms with Crippen LogP contribution in [-0.2, 0) is 0 Å². The summed E-state index contributed by atoms with van der Waals surface area (Å²) in [6.07, 6.45) is 7.34. The molecule has 1 fully saturated rings. The van der Waals surface area contributed by atoms with Gasteiger partial charge in [0.15, 0.2) is 0 Å². The van der Waals surface area contributed by atoms with Crippen LogP contribution in [0, 0.1) is 12.8 Å². The van der Waals surface area contributed by atoms with Crippen molar-refractivity contribution in [3.05, 3.63) is 16.2 Å². The third kappa shape index (κ3) is 2.72. The molecule has 0 aromatic carbocycles. The molecule has 2 rings (SSSR count). The van der Waals surface area contributed by atoms with Crippen LogP contribution in [0.4, 0.5) is 5.69 Å². The minimum Gasteiger partial charge on any atom is -0.397 e. The van der Waals surface area contributed by atoms with Gasteiger partial charge < -0.3 is 5.73 Å². The van der Waals surface area contributed by atoms with E-state index in [1.807, 2.05) is 18.7 Å². The molecule has 0 saturated heterocycles. The van der Waals surface area contributed by atoms with Crippen molar-refractivity contribution in [1.82, 2.24) is 4.98 Å². The van der Waals surface area contributed by atoms with Crippen LogP contribution in [0.15, 0.2) is 15.7 Å². The van der Waals surface area contributed by atoms with Gasteiger partial charge in [0.2, 0.25) is 0 Å². The van der Waals surface area contributed by atoms with E-state index in [0.29, 0.717) is 0 Å². The maximum atomic E-state index is 5.81. The molecule has 2 nitrogen and oxygen atoms in total. The molecular weight excluding hydrogens is 284 g/mol. The predicted molar refractivity (Wildman–Crippen MR) is 73.8 cm³/mol. The summed E-state index contributed by atoms with van der Waals surface area (Å²) in [6.45, 7) is 2.03. The Morgan fingerprint density at radius 3 is 2.88 bits per heavy atom. The van der Waals surface area contributed by atoms with Crippen molar-refractivity contribution in [2.45, 2.75) is 37.6 Å². The van der Waals surface area contributed by atoms with Gasteiger partial charge in [-0.2, -0.15) is 0 Å². The number of nitrogens with two attached hydrogens (primary N) is 1. The molecule has 1 heterocycles. The molecule has 16 heavy (non-hydrogen) atoms. The normalized spacial score (nSPS) is 16.9. The van der Waals surface area contributed by atoms with E-state index in [1.54, 1.807) is 6.20 Å². The van der Waals surface area contributed by atoms with Crippen molar-refractivity contribution in [3.63, 3.8) is 0 Å². The highest BCUT2D eigenvalue weighted by atomic mass is 79.9. The maximum Gasteiger partial charge on any atom is 0.111 e. The quantitative estimate of drug-likeness (QED) is 0.857. The summed E-state index contributed by atoms with van der Waals surface area (Å²) in [5, 5.41) is 1.08.